The number of ether oxygens (including phenoxy) is 1. The van der Waals surface area contributed by atoms with E-state index in [9.17, 15) is 8.78 Å². The Labute approximate surface area is 120 Å². The number of nitrogens with zero attached hydrogens (tertiary/aromatic N) is 1. The van der Waals surface area contributed by atoms with Crippen molar-refractivity contribution in [3.05, 3.63) is 28.2 Å². The number of likely N-dealkylation sites (tertiary alicyclic amines) is 1. The topological polar surface area (TPSA) is 12.5 Å². The second kappa shape index (κ2) is 5.75. The summed E-state index contributed by atoms with van der Waals surface area (Å²) in [4.78, 5) is 1.77. The zero-order chi connectivity index (χ0) is 14.0. The fourth-order valence-corrected chi connectivity index (χ4v) is 2.70. The van der Waals surface area contributed by atoms with Crippen LogP contribution >= 0.6 is 15.9 Å². The molecule has 0 unspecified atom stereocenters. The number of benzene rings is 1. The summed E-state index contributed by atoms with van der Waals surface area (Å²) in [6.45, 7) is 4.65. The predicted octanol–water partition coefficient (Wildman–Crippen LogP) is 4.08. The number of hydrogen-bond donors (Lipinski definition) is 0. The third kappa shape index (κ3) is 3.89. The molecule has 5 heteroatoms. The van der Waals surface area contributed by atoms with Crippen LogP contribution in [0.2, 0.25) is 0 Å². The van der Waals surface area contributed by atoms with Gasteiger partial charge in [-0.1, -0.05) is 22.0 Å². The van der Waals surface area contributed by atoms with Gasteiger partial charge >= 0.3 is 0 Å². The third-order valence-electron chi connectivity index (χ3n) is 3.07. The Morgan fingerprint density at radius 3 is 2.74 bits per heavy atom. The van der Waals surface area contributed by atoms with Crippen LogP contribution < -0.4 is 4.74 Å². The Morgan fingerprint density at radius 2 is 2.16 bits per heavy atom. The summed E-state index contributed by atoms with van der Waals surface area (Å²) in [5, 5.41) is 0. The molecule has 0 aliphatic carbocycles. The van der Waals surface area contributed by atoms with Gasteiger partial charge in [0.05, 0.1) is 12.6 Å². The first kappa shape index (κ1) is 14.7. The van der Waals surface area contributed by atoms with Crippen LogP contribution in [-0.4, -0.2) is 30.0 Å². The van der Waals surface area contributed by atoms with Crippen LogP contribution in [0.4, 0.5) is 8.78 Å². The van der Waals surface area contributed by atoms with E-state index in [0.717, 1.165) is 15.8 Å². The SMILES string of the molecule is CC(C)Oc1cccc(Br)c1CN1CCC(F)(F)C1. The first-order chi connectivity index (χ1) is 8.87. The predicted molar refractivity (Wildman–Crippen MR) is 74.7 cm³/mol. The average Bonchev–Trinajstić information content (AvgIpc) is 2.62. The minimum Gasteiger partial charge on any atom is -0.491 e. The fourth-order valence-electron chi connectivity index (χ4n) is 2.22. The van der Waals surface area contributed by atoms with Gasteiger partial charge in [-0.2, -0.15) is 0 Å². The van der Waals surface area contributed by atoms with E-state index in [1.54, 1.807) is 4.90 Å². The Kier molecular flexibility index (Phi) is 4.46. The van der Waals surface area contributed by atoms with Crippen molar-refractivity contribution in [2.45, 2.75) is 38.8 Å². The van der Waals surface area contributed by atoms with Crippen LogP contribution in [0.15, 0.2) is 22.7 Å². The first-order valence-corrected chi connectivity index (χ1v) is 7.21. The number of alkyl halides is 2. The van der Waals surface area contributed by atoms with Crippen LogP contribution in [0.5, 0.6) is 5.75 Å². The van der Waals surface area contributed by atoms with E-state index in [2.05, 4.69) is 15.9 Å². The van der Waals surface area contributed by atoms with E-state index >= 15 is 0 Å². The Balaban J connectivity index is 2.15. The van der Waals surface area contributed by atoms with Crippen LogP contribution in [0.1, 0.15) is 25.8 Å². The number of hydrogen-bond acceptors (Lipinski definition) is 2. The average molecular weight is 334 g/mol. The minimum absolute atomic E-state index is 0.0577. The monoisotopic (exact) mass is 333 g/mol. The highest BCUT2D eigenvalue weighted by Gasteiger charge is 2.38. The molecule has 0 aromatic heterocycles. The molecule has 0 N–H and O–H groups in total. The Morgan fingerprint density at radius 1 is 1.42 bits per heavy atom. The summed E-state index contributed by atoms with van der Waals surface area (Å²) in [5.74, 6) is -1.79. The number of halogens is 3. The molecular formula is C14H18BrF2NO. The van der Waals surface area contributed by atoms with Crippen molar-refractivity contribution in [1.82, 2.24) is 4.90 Å². The van der Waals surface area contributed by atoms with Crippen LogP contribution in [0.25, 0.3) is 0 Å². The lowest BCUT2D eigenvalue weighted by Crippen LogP contribution is -2.25. The molecule has 0 spiro atoms. The van der Waals surface area contributed by atoms with Gasteiger partial charge in [-0.25, -0.2) is 8.78 Å². The molecule has 1 aliphatic heterocycles. The van der Waals surface area contributed by atoms with E-state index in [-0.39, 0.29) is 19.1 Å². The lowest BCUT2D eigenvalue weighted by Gasteiger charge is -2.20. The summed E-state index contributed by atoms with van der Waals surface area (Å²) >= 11 is 3.48. The van der Waals surface area contributed by atoms with Crippen LogP contribution in [0, 0.1) is 0 Å². The maximum Gasteiger partial charge on any atom is 0.261 e. The second-order valence-electron chi connectivity index (χ2n) is 5.20. The largest absolute Gasteiger partial charge is 0.491 e. The lowest BCUT2D eigenvalue weighted by atomic mass is 10.2. The summed E-state index contributed by atoms with van der Waals surface area (Å²) in [5.41, 5.74) is 0.939. The van der Waals surface area contributed by atoms with Gasteiger partial charge in [-0.3, -0.25) is 4.90 Å². The van der Waals surface area contributed by atoms with Gasteiger partial charge in [0, 0.05) is 29.5 Å². The summed E-state index contributed by atoms with van der Waals surface area (Å²) in [6, 6.07) is 5.69. The molecule has 0 saturated carbocycles. The molecule has 1 saturated heterocycles. The van der Waals surface area contributed by atoms with Gasteiger partial charge in [-0.15, -0.1) is 0 Å². The van der Waals surface area contributed by atoms with Gasteiger partial charge in [0.1, 0.15) is 5.75 Å². The number of rotatable bonds is 4. The molecule has 0 bridgehead atoms. The highest BCUT2D eigenvalue weighted by molar-refractivity contribution is 9.10. The molecule has 1 fully saturated rings. The summed E-state index contributed by atoms with van der Waals surface area (Å²) in [6.07, 6.45) is 0.00531. The maximum atomic E-state index is 13.2. The zero-order valence-electron chi connectivity index (χ0n) is 11.1. The smallest absolute Gasteiger partial charge is 0.261 e. The van der Waals surface area contributed by atoms with E-state index < -0.39 is 5.92 Å². The summed E-state index contributed by atoms with van der Waals surface area (Å²) < 4.78 is 33.1. The summed E-state index contributed by atoms with van der Waals surface area (Å²) in [7, 11) is 0. The van der Waals surface area contributed by atoms with Crippen molar-refractivity contribution in [1.29, 1.82) is 0 Å². The van der Waals surface area contributed by atoms with Crippen molar-refractivity contribution >= 4 is 15.9 Å². The van der Waals surface area contributed by atoms with Gasteiger partial charge in [0.15, 0.2) is 0 Å². The zero-order valence-corrected chi connectivity index (χ0v) is 12.7. The molecule has 106 valence electrons. The van der Waals surface area contributed by atoms with Crippen molar-refractivity contribution in [3.8, 4) is 5.75 Å². The Bertz CT molecular complexity index is 451. The van der Waals surface area contributed by atoms with Gasteiger partial charge in [-0.05, 0) is 26.0 Å². The highest BCUT2D eigenvalue weighted by Crippen LogP contribution is 2.33. The van der Waals surface area contributed by atoms with E-state index in [1.807, 2.05) is 32.0 Å². The third-order valence-corrected chi connectivity index (χ3v) is 3.81. The molecule has 2 nitrogen and oxygen atoms in total. The van der Waals surface area contributed by atoms with Gasteiger partial charge in [0.25, 0.3) is 5.92 Å². The lowest BCUT2D eigenvalue weighted by molar-refractivity contribution is 0.0114. The van der Waals surface area contributed by atoms with E-state index in [1.165, 1.54) is 0 Å². The minimum atomic E-state index is -2.56. The van der Waals surface area contributed by atoms with Crippen LogP contribution in [0.3, 0.4) is 0 Å². The fraction of sp³-hybridized carbons (Fsp3) is 0.571. The van der Waals surface area contributed by atoms with Crippen molar-refractivity contribution in [2.75, 3.05) is 13.1 Å². The normalized spacial score (nSPS) is 19.1. The second-order valence-corrected chi connectivity index (χ2v) is 6.05. The molecule has 0 radical (unpaired) electrons. The standard InChI is InChI=1S/C14H18BrF2NO/c1-10(2)19-13-5-3-4-12(15)11(13)8-18-7-6-14(16,17)9-18/h3-5,10H,6-9H2,1-2H3. The molecule has 1 heterocycles. The highest BCUT2D eigenvalue weighted by atomic mass is 79.9. The van der Waals surface area contributed by atoms with Gasteiger partial charge < -0.3 is 4.74 Å². The van der Waals surface area contributed by atoms with Gasteiger partial charge in [0.2, 0.25) is 0 Å². The maximum absolute atomic E-state index is 13.2. The Hall–Kier alpha value is -0.680. The molecular weight excluding hydrogens is 316 g/mol. The molecule has 2 rings (SSSR count). The van der Waals surface area contributed by atoms with Crippen molar-refractivity contribution in [2.24, 2.45) is 0 Å². The molecule has 1 aliphatic rings. The molecule has 1 aromatic rings. The molecule has 19 heavy (non-hydrogen) atoms. The molecule has 1 aromatic carbocycles. The van der Waals surface area contributed by atoms with E-state index in [0.29, 0.717) is 13.1 Å². The van der Waals surface area contributed by atoms with E-state index in [4.69, 9.17) is 4.74 Å². The first-order valence-electron chi connectivity index (χ1n) is 6.41. The quantitative estimate of drug-likeness (QED) is 0.823. The van der Waals surface area contributed by atoms with Crippen LogP contribution in [-0.2, 0) is 6.54 Å². The molecule has 0 atom stereocenters. The molecule has 0 amide bonds. The van der Waals surface area contributed by atoms with Crippen molar-refractivity contribution in [3.63, 3.8) is 0 Å². The van der Waals surface area contributed by atoms with Crippen molar-refractivity contribution < 1.29 is 13.5 Å².